The molecule has 1 aromatic heterocycles. The number of carbonyl (C=O) groups excluding carboxylic acids is 1. The number of aliphatic carboxylic acids is 1. The predicted octanol–water partition coefficient (Wildman–Crippen LogP) is -1.20. The van der Waals surface area contributed by atoms with E-state index in [1.165, 1.54) is 14.0 Å². The lowest BCUT2D eigenvalue weighted by molar-refractivity contribution is -0.138. The average Bonchev–Trinajstić information content (AvgIpc) is 2.50. The summed E-state index contributed by atoms with van der Waals surface area (Å²) in [4.78, 5) is 22.7. The van der Waals surface area contributed by atoms with Crippen molar-refractivity contribution in [2.75, 3.05) is 5.32 Å². The van der Waals surface area contributed by atoms with Gasteiger partial charge in [0.15, 0.2) is 0 Å². The number of carbonyl (C=O) groups is 2. The van der Waals surface area contributed by atoms with E-state index in [0.29, 0.717) is 0 Å². The van der Waals surface area contributed by atoms with Crippen molar-refractivity contribution < 1.29 is 14.7 Å². The average molecular weight is 214 g/mol. The molecular formula is C6H10N6O3. The first-order valence-electron chi connectivity index (χ1n) is 4.03. The highest BCUT2D eigenvalue weighted by atomic mass is 16.4. The molecule has 0 radical (unpaired) electrons. The van der Waals surface area contributed by atoms with Crippen molar-refractivity contribution in [3.8, 4) is 0 Å². The molecule has 0 saturated carbocycles. The summed E-state index contributed by atoms with van der Waals surface area (Å²) in [7, 11) is 1.54. The molecule has 15 heavy (non-hydrogen) atoms. The third-order valence-corrected chi connectivity index (χ3v) is 1.45. The summed E-state index contributed by atoms with van der Waals surface area (Å²) in [5, 5.41) is 23.6. The van der Waals surface area contributed by atoms with Crippen molar-refractivity contribution >= 4 is 17.9 Å². The number of nitrogens with zero attached hydrogens (tertiary/aromatic N) is 4. The molecular weight excluding hydrogens is 204 g/mol. The van der Waals surface area contributed by atoms with Gasteiger partial charge >= 0.3 is 12.0 Å². The van der Waals surface area contributed by atoms with Crippen LogP contribution in [0.15, 0.2) is 0 Å². The lowest BCUT2D eigenvalue weighted by Gasteiger charge is -2.07. The van der Waals surface area contributed by atoms with Gasteiger partial charge in [-0.2, -0.15) is 4.80 Å². The van der Waals surface area contributed by atoms with E-state index >= 15 is 0 Å². The fourth-order valence-corrected chi connectivity index (χ4v) is 0.730. The largest absolute Gasteiger partial charge is 0.480 e. The van der Waals surface area contributed by atoms with Gasteiger partial charge in [-0.05, 0) is 12.1 Å². The molecule has 82 valence electrons. The second-order valence-corrected chi connectivity index (χ2v) is 2.76. The van der Waals surface area contributed by atoms with Crippen LogP contribution >= 0.6 is 0 Å². The van der Waals surface area contributed by atoms with Gasteiger partial charge in [-0.25, -0.2) is 4.79 Å². The monoisotopic (exact) mass is 214 g/mol. The molecule has 0 fully saturated rings. The van der Waals surface area contributed by atoms with Crippen molar-refractivity contribution in [3.05, 3.63) is 0 Å². The van der Waals surface area contributed by atoms with Crippen LogP contribution in [0, 0.1) is 0 Å². The van der Waals surface area contributed by atoms with Gasteiger partial charge < -0.3 is 10.4 Å². The molecule has 3 N–H and O–H groups in total. The van der Waals surface area contributed by atoms with E-state index in [9.17, 15) is 9.59 Å². The summed E-state index contributed by atoms with van der Waals surface area (Å²) in [5.41, 5.74) is 0. The third kappa shape index (κ3) is 3.21. The third-order valence-electron chi connectivity index (χ3n) is 1.45. The fraction of sp³-hybridized carbons (Fsp3) is 0.500. The molecule has 0 bridgehead atoms. The van der Waals surface area contributed by atoms with Crippen LogP contribution in [-0.2, 0) is 11.8 Å². The molecule has 0 aliphatic heterocycles. The fourth-order valence-electron chi connectivity index (χ4n) is 0.730. The number of amides is 2. The number of aryl methyl sites for hydroxylation is 1. The Balaban J connectivity index is 2.46. The molecule has 0 aliphatic carbocycles. The molecule has 0 unspecified atom stereocenters. The zero-order valence-electron chi connectivity index (χ0n) is 8.13. The molecule has 9 heteroatoms. The van der Waals surface area contributed by atoms with Gasteiger partial charge in [0.1, 0.15) is 6.04 Å². The second-order valence-electron chi connectivity index (χ2n) is 2.76. The lowest BCUT2D eigenvalue weighted by atomic mass is 10.3. The maximum atomic E-state index is 11.1. The van der Waals surface area contributed by atoms with E-state index < -0.39 is 18.0 Å². The highest BCUT2D eigenvalue weighted by Crippen LogP contribution is 1.92. The van der Waals surface area contributed by atoms with Crippen molar-refractivity contribution in [1.29, 1.82) is 0 Å². The van der Waals surface area contributed by atoms with Crippen LogP contribution in [0.1, 0.15) is 6.92 Å². The number of hydrogen-bond acceptors (Lipinski definition) is 5. The summed E-state index contributed by atoms with van der Waals surface area (Å²) in [6.07, 6.45) is 0. The minimum absolute atomic E-state index is 0.00703. The summed E-state index contributed by atoms with van der Waals surface area (Å²) in [6, 6.07) is -1.68. The zero-order chi connectivity index (χ0) is 11.4. The SMILES string of the molecule is C[C@@H](NC(=O)Nc1nnn(C)n1)C(=O)O. The first kappa shape index (κ1) is 10.9. The smallest absolute Gasteiger partial charge is 0.325 e. The summed E-state index contributed by atoms with van der Waals surface area (Å²) >= 11 is 0. The Morgan fingerprint density at radius 1 is 1.53 bits per heavy atom. The molecule has 1 atom stereocenters. The number of hydrogen-bond donors (Lipinski definition) is 3. The number of aromatic nitrogens is 4. The Morgan fingerprint density at radius 3 is 2.67 bits per heavy atom. The standard InChI is InChI=1S/C6H10N6O3/c1-3(4(13)14)7-6(15)8-5-9-11-12(2)10-5/h3H,1-2H3,(H,13,14)(H2,7,8,10,15)/t3-/m1/s1. The molecule has 1 rings (SSSR count). The number of rotatable bonds is 3. The van der Waals surface area contributed by atoms with E-state index in [1.807, 2.05) is 0 Å². The molecule has 9 nitrogen and oxygen atoms in total. The Morgan fingerprint density at radius 2 is 2.20 bits per heavy atom. The zero-order valence-corrected chi connectivity index (χ0v) is 8.13. The molecule has 0 aliphatic rings. The Labute approximate surface area is 84.5 Å². The highest BCUT2D eigenvalue weighted by molar-refractivity contribution is 5.90. The first-order chi connectivity index (χ1) is 6.99. The summed E-state index contributed by atoms with van der Waals surface area (Å²) < 4.78 is 0. The van der Waals surface area contributed by atoms with Gasteiger partial charge in [0.05, 0.1) is 7.05 Å². The minimum atomic E-state index is -1.13. The highest BCUT2D eigenvalue weighted by Gasteiger charge is 2.14. The topological polar surface area (TPSA) is 122 Å². The number of carboxylic acid groups (broad SMARTS) is 1. The van der Waals surface area contributed by atoms with Crippen LogP contribution in [-0.4, -0.2) is 43.4 Å². The number of tetrazole rings is 1. The van der Waals surface area contributed by atoms with Crippen LogP contribution in [0.4, 0.5) is 10.7 Å². The van der Waals surface area contributed by atoms with Gasteiger partial charge in [-0.15, -0.1) is 5.10 Å². The van der Waals surface area contributed by atoms with E-state index in [-0.39, 0.29) is 5.95 Å². The maximum Gasteiger partial charge on any atom is 0.325 e. The number of anilines is 1. The van der Waals surface area contributed by atoms with Gasteiger partial charge in [0.2, 0.25) is 0 Å². The molecule has 1 heterocycles. The number of carboxylic acids is 1. The summed E-state index contributed by atoms with van der Waals surface area (Å²) in [6.45, 7) is 1.34. The predicted molar refractivity (Wildman–Crippen MR) is 48.1 cm³/mol. The molecule has 0 aromatic carbocycles. The summed E-state index contributed by atoms with van der Waals surface area (Å²) in [5.74, 6) is -1.12. The van der Waals surface area contributed by atoms with Crippen molar-refractivity contribution in [2.24, 2.45) is 7.05 Å². The van der Waals surface area contributed by atoms with Crippen LogP contribution < -0.4 is 10.6 Å². The normalized spacial score (nSPS) is 11.9. The minimum Gasteiger partial charge on any atom is -0.480 e. The van der Waals surface area contributed by atoms with Gasteiger partial charge in [0.25, 0.3) is 5.95 Å². The molecule has 0 spiro atoms. The lowest BCUT2D eigenvalue weighted by Crippen LogP contribution is -2.41. The van der Waals surface area contributed by atoms with Crippen LogP contribution in [0.3, 0.4) is 0 Å². The quantitative estimate of drug-likeness (QED) is 0.581. The van der Waals surface area contributed by atoms with Gasteiger partial charge in [-0.1, -0.05) is 5.10 Å². The van der Waals surface area contributed by atoms with E-state index in [4.69, 9.17) is 5.11 Å². The van der Waals surface area contributed by atoms with Gasteiger partial charge in [-0.3, -0.25) is 10.1 Å². The Kier molecular flexibility index (Phi) is 3.16. The van der Waals surface area contributed by atoms with Crippen LogP contribution in [0.25, 0.3) is 0 Å². The molecule has 1 aromatic rings. The first-order valence-corrected chi connectivity index (χ1v) is 4.03. The molecule has 0 saturated heterocycles. The van der Waals surface area contributed by atoms with E-state index in [0.717, 1.165) is 4.80 Å². The van der Waals surface area contributed by atoms with Crippen LogP contribution in [0.2, 0.25) is 0 Å². The van der Waals surface area contributed by atoms with E-state index in [2.05, 4.69) is 26.0 Å². The van der Waals surface area contributed by atoms with Gasteiger partial charge in [0, 0.05) is 0 Å². The van der Waals surface area contributed by atoms with Crippen molar-refractivity contribution in [2.45, 2.75) is 13.0 Å². The maximum absolute atomic E-state index is 11.1. The van der Waals surface area contributed by atoms with E-state index in [1.54, 1.807) is 0 Å². The Hall–Kier alpha value is -2.19. The second kappa shape index (κ2) is 4.35. The number of urea groups is 1. The van der Waals surface area contributed by atoms with Crippen molar-refractivity contribution in [3.63, 3.8) is 0 Å². The van der Waals surface area contributed by atoms with Crippen LogP contribution in [0.5, 0.6) is 0 Å². The molecule has 2 amide bonds. The van der Waals surface area contributed by atoms with Crippen molar-refractivity contribution in [1.82, 2.24) is 25.5 Å². The Bertz CT molecular complexity index is 375. The number of nitrogens with one attached hydrogen (secondary N) is 2.